The first-order chi connectivity index (χ1) is 6.56. The molecule has 80 valence electrons. The molecule has 1 heterocycles. The highest BCUT2D eigenvalue weighted by atomic mass is 16.3. The van der Waals surface area contributed by atoms with Crippen molar-refractivity contribution in [2.24, 2.45) is 5.92 Å². The summed E-state index contributed by atoms with van der Waals surface area (Å²) in [5.41, 5.74) is 0. The van der Waals surface area contributed by atoms with E-state index in [1.54, 1.807) is 0 Å². The number of nitrogens with one attached hydrogen (secondary N) is 1. The highest BCUT2D eigenvalue weighted by molar-refractivity contribution is 6.02. The van der Waals surface area contributed by atoms with Gasteiger partial charge in [-0.2, -0.15) is 0 Å². The number of hydrogen-bond acceptors (Lipinski definition) is 3. The Kier molecular flexibility index (Phi) is 3.46. The van der Waals surface area contributed by atoms with E-state index in [2.05, 4.69) is 5.32 Å². The molecule has 0 aromatic rings. The van der Waals surface area contributed by atoms with E-state index in [0.717, 1.165) is 4.90 Å². The summed E-state index contributed by atoms with van der Waals surface area (Å²) >= 11 is 0. The molecule has 1 unspecified atom stereocenters. The fourth-order valence-electron chi connectivity index (χ4n) is 1.61. The zero-order chi connectivity index (χ0) is 10.7. The van der Waals surface area contributed by atoms with Crippen LogP contribution in [0.3, 0.4) is 0 Å². The minimum absolute atomic E-state index is 0.0490. The summed E-state index contributed by atoms with van der Waals surface area (Å²) in [5.74, 6) is 0.0862. The van der Waals surface area contributed by atoms with Gasteiger partial charge in [0.25, 0.3) is 0 Å². The highest BCUT2D eigenvalue weighted by Crippen LogP contribution is 2.14. The molecular weight excluding hydrogens is 184 g/mol. The molecule has 0 saturated carbocycles. The molecule has 0 bridgehead atoms. The number of aliphatic hydroxyl groups is 1. The van der Waals surface area contributed by atoms with Crippen molar-refractivity contribution >= 4 is 11.9 Å². The van der Waals surface area contributed by atoms with Crippen molar-refractivity contribution in [2.45, 2.75) is 26.3 Å². The normalized spacial score (nSPS) is 19.0. The Morgan fingerprint density at radius 3 is 2.50 bits per heavy atom. The Morgan fingerprint density at radius 1 is 1.50 bits per heavy atom. The predicted molar refractivity (Wildman–Crippen MR) is 50.6 cm³/mol. The lowest BCUT2D eigenvalue weighted by Crippen LogP contribution is -2.43. The molecule has 0 aromatic heterocycles. The number of aliphatic hydroxyl groups excluding tert-OH is 1. The second-order valence-electron chi connectivity index (χ2n) is 3.89. The summed E-state index contributed by atoms with van der Waals surface area (Å²) in [7, 11) is 0. The van der Waals surface area contributed by atoms with Crippen molar-refractivity contribution in [2.75, 3.05) is 13.2 Å². The van der Waals surface area contributed by atoms with Gasteiger partial charge >= 0.3 is 6.03 Å². The van der Waals surface area contributed by atoms with Crippen LogP contribution in [0.25, 0.3) is 0 Å². The van der Waals surface area contributed by atoms with E-state index in [1.807, 2.05) is 13.8 Å². The van der Waals surface area contributed by atoms with Gasteiger partial charge in [0, 0.05) is 0 Å². The number of hydrogen-bond donors (Lipinski definition) is 2. The standard InChI is InChI=1S/C9H16N2O3/c1-6(2)3-7(5-12)11-8(13)4-10-9(11)14/h6-7,12H,3-5H2,1-2H3,(H,10,14). The molecule has 0 radical (unpaired) electrons. The lowest BCUT2D eigenvalue weighted by molar-refractivity contribution is -0.127. The lowest BCUT2D eigenvalue weighted by Gasteiger charge is -2.24. The fourth-order valence-corrected chi connectivity index (χ4v) is 1.61. The van der Waals surface area contributed by atoms with Gasteiger partial charge in [-0.3, -0.25) is 9.69 Å². The van der Waals surface area contributed by atoms with Gasteiger partial charge in [0.15, 0.2) is 0 Å². The smallest absolute Gasteiger partial charge is 0.324 e. The van der Waals surface area contributed by atoms with Crippen LogP contribution >= 0.6 is 0 Å². The molecule has 5 heteroatoms. The quantitative estimate of drug-likeness (QED) is 0.625. The van der Waals surface area contributed by atoms with E-state index in [-0.39, 0.29) is 25.1 Å². The van der Waals surface area contributed by atoms with Gasteiger partial charge < -0.3 is 10.4 Å². The maximum Gasteiger partial charge on any atom is 0.324 e. The van der Waals surface area contributed by atoms with E-state index in [1.165, 1.54) is 0 Å². The van der Waals surface area contributed by atoms with Crippen LogP contribution in [0.5, 0.6) is 0 Å². The van der Waals surface area contributed by atoms with Crippen LogP contribution < -0.4 is 5.32 Å². The molecule has 1 aliphatic rings. The van der Waals surface area contributed by atoms with Crippen molar-refractivity contribution in [3.8, 4) is 0 Å². The zero-order valence-corrected chi connectivity index (χ0v) is 8.49. The summed E-state index contributed by atoms with van der Waals surface area (Å²) in [5, 5.41) is 11.5. The maximum atomic E-state index is 11.3. The van der Waals surface area contributed by atoms with Gasteiger partial charge in [-0.05, 0) is 12.3 Å². The summed E-state index contributed by atoms with van der Waals surface area (Å²) < 4.78 is 0. The molecule has 1 saturated heterocycles. The maximum absolute atomic E-state index is 11.3. The van der Waals surface area contributed by atoms with Crippen LogP contribution in [0, 0.1) is 5.92 Å². The fraction of sp³-hybridized carbons (Fsp3) is 0.778. The molecule has 1 aliphatic heterocycles. The minimum atomic E-state index is -0.394. The summed E-state index contributed by atoms with van der Waals surface area (Å²) in [6.07, 6.45) is 0.635. The third-order valence-corrected chi connectivity index (χ3v) is 2.20. The predicted octanol–water partition coefficient (Wildman–Crippen LogP) is -0.0548. The summed E-state index contributed by atoms with van der Waals surface area (Å²) in [6.45, 7) is 3.85. The molecular formula is C9H16N2O3. The number of nitrogens with zero attached hydrogens (tertiary/aromatic N) is 1. The Labute approximate surface area is 83.1 Å². The molecule has 1 atom stereocenters. The SMILES string of the molecule is CC(C)CC(CO)N1C(=O)CNC1=O. The zero-order valence-electron chi connectivity index (χ0n) is 8.49. The first kappa shape index (κ1) is 11.0. The molecule has 3 amide bonds. The van der Waals surface area contributed by atoms with Gasteiger partial charge in [0.1, 0.15) is 0 Å². The third-order valence-electron chi connectivity index (χ3n) is 2.20. The van der Waals surface area contributed by atoms with E-state index >= 15 is 0 Å². The van der Waals surface area contributed by atoms with Crippen molar-refractivity contribution in [1.82, 2.24) is 10.2 Å². The van der Waals surface area contributed by atoms with E-state index in [4.69, 9.17) is 5.11 Å². The van der Waals surface area contributed by atoms with Crippen LogP contribution in [0.15, 0.2) is 0 Å². The number of carbonyl (C=O) groups is 2. The summed E-state index contributed by atoms with van der Waals surface area (Å²) in [4.78, 5) is 23.7. The average Bonchev–Trinajstić information content (AvgIpc) is 2.43. The van der Waals surface area contributed by atoms with Gasteiger partial charge in [0.2, 0.25) is 5.91 Å². The average molecular weight is 200 g/mol. The van der Waals surface area contributed by atoms with E-state index < -0.39 is 6.03 Å². The number of carbonyl (C=O) groups excluding carboxylic acids is 2. The van der Waals surface area contributed by atoms with Crippen LogP contribution in [0.4, 0.5) is 4.79 Å². The van der Waals surface area contributed by atoms with Crippen molar-refractivity contribution < 1.29 is 14.7 Å². The summed E-state index contributed by atoms with van der Waals surface area (Å²) in [6, 6.07) is -0.778. The van der Waals surface area contributed by atoms with Crippen LogP contribution in [-0.2, 0) is 4.79 Å². The minimum Gasteiger partial charge on any atom is -0.394 e. The molecule has 1 fully saturated rings. The van der Waals surface area contributed by atoms with Crippen LogP contribution in [0.2, 0.25) is 0 Å². The highest BCUT2D eigenvalue weighted by Gasteiger charge is 2.34. The number of imide groups is 1. The van der Waals surface area contributed by atoms with Crippen molar-refractivity contribution in [3.05, 3.63) is 0 Å². The van der Waals surface area contributed by atoms with Crippen LogP contribution in [0.1, 0.15) is 20.3 Å². The van der Waals surface area contributed by atoms with Crippen LogP contribution in [-0.4, -0.2) is 41.1 Å². The monoisotopic (exact) mass is 200 g/mol. The molecule has 0 aliphatic carbocycles. The van der Waals surface area contributed by atoms with Gasteiger partial charge in [0.05, 0.1) is 19.2 Å². The Hall–Kier alpha value is -1.10. The van der Waals surface area contributed by atoms with E-state index in [0.29, 0.717) is 12.3 Å². The second kappa shape index (κ2) is 4.41. The largest absolute Gasteiger partial charge is 0.394 e. The number of rotatable bonds is 4. The Bertz CT molecular complexity index is 224. The molecule has 1 rings (SSSR count). The Balaban J connectivity index is 2.67. The molecule has 0 aromatic carbocycles. The third kappa shape index (κ3) is 2.23. The topological polar surface area (TPSA) is 69.6 Å². The first-order valence-electron chi connectivity index (χ1n) is 4.77. The Morgan fingerprint density at radius 2 is 2.14 bits per heavy atom. The number of urea groups is 1. The van der Waals surface area contributed by atoms with Crippen molar-refractivity contribution in [3.63, 3.8) is 0 Å². The lowest BCUT2D eigenvalue weighted by atomic mass is 10.0. The van der Waals surface area contributed by atoms with Gasteiger partial charge in [-0.25, -0.2) is 4.79 Å². The van der Waals surface area contributed by atoms with Gasteiger partial charge in [-0.15, -0.1) is 0 Å². The molecule has 14 heavy (non-hydrogen) atoms. The van der Waals surface area contributed by atoms with E-state index in [9.17, 15) is 9.59 Å². The number of amides is 3. The molecule has 5 nitrogen and oxygen atoms in total. The second-order valence-corrected chi connectivity index (χ2v) is 3.89. The first-order valence-corrected chi connectivity index (χ1v) is 4.77. The molecule has 0 spiro atoms. The van der Waals surface area contributed by atoms with Gasteiger partial charge in [-0.1, -0.05) is 13.8 Å². The molecule has 2 N–H and O–H groups in total. The van der Waals surface area contributed by atoms with Crippen molar-refractivity contribution in [1.29, 1.82) is 0 Å².